The van der Waals surface area contributed by atoms with Crippen LogP contribution in [0.1, 0.15) is 35.2 Å². The van der Waals surface area contributed by atoms with Gasteiger partial charge in [-0.05, 0) is 43.5 Å². The van der Waals surface area contributed by atoms with Gasteiger partial charge in [0.2, 0.25) is 0 Å². The maximum atomic E-state index is 12.8. The van der Waals surface area contributed by atoms with Crippen LogP contribution in [-0.4, -0.2) is 56.6 Å². The Balaban J connectivity index is 1.56. The summed E-state index contributed by atoms with van der Waals surface area (Å²) in [5.74, 6) is 0.571. The molecule has 7 heteroatoms. The van der Waals surface area contributed by atoms with Crippen LogP contribution in [0.4, 0.5) is 0 Å². The van der Waals surface area contributed by atoms with Crippen LogP contribution in [0.25, 0.3) is 0 Å². The van der Waals surface area contributed by atoms with Crippen LogP contribution in [-0.2, 0) is 22.1 Å². The smallest absolute Gasteiger partial charge is 0.289 e. The van der Waals surface area contributed by atoms with Gasteiger partial charge >= 0.3 is 0 Å². The number of furan rings is 1. The van der Waals surface area contributed by atoms with E-state index in [2.05, 4.69) is 29.2 Å². The fraction of sp³-hybridized carbons (Fsp3) is 0.476. The molecular formula is C21H28N2O4S. The lowest BCUT2D eigenvalue weighted by Gasteiger charge is -2.24. The van der Waals surface area contributed by atoms with Crippen LogP contribution in [0.3, 0.4) is 0 Å². The molecular weight excluding hydrogens is 376 g/mol. The molecule has 28 heavy (non-hydrogen) atoms. The third-order valence-electron chi connectivity index (χ3n) is 5.04. The number of benzene rings is 1. The quantitative estimate of drug-likeness (QED) is 0.677. The fourth-order valence-corrected chi connectivity index (χ4v) is 4.37. The molecule has 1 saturated heterocycles. The van der Waals surface area contributed by atoms with E-state index in [1.807, 2.05) is 13.0 Å². The second-order valence-corrected chi connectivity index (χ2v) is 9.70. The van der Waals surface area contributed by atoms with E-state index in [0.717, 1.165) is 32.3 Å². The summed E-state index contributed by atoms with van der Waals surface area (Å²) < 4.78 is 28.3. The standard InChI is InChI=1S/C21H28N2O4S/c1-3-23(21(24)20-10-9-19(27-20)16-28(2,25)26)15-18-11-12-22(14-18)13-17-7-5-4-6-8-17/h4-10,18H,3,11-16H2,1-2H3/t18-/m0/s1. The molecule has 2 heterocycles. The molecule has 1 amide bonds. The van der Waals surface area contributed by atoms with Crippen molar-refractivity contribution in [1.82, 2.24) is 9.80 Å². The topological polar surface area (TPSA) is 70.8 Å². The summed E-state index contributed by atoms with van der Waals surface area (Å²) in [6, 6.07) is 13.6. The third kappa shape index (κ3) is 5.69. The van der Waals surface area contributed by atoms with Crippen molar-refractivity contribution in [2.75, 3.05) is 32.4 Å². The van der Waals surface area contributed by atoms with Gasteiger partial charge in [-0.2, -0.15) is 0 Å². The lowest BCUT2D eigenvalue weighted by molar-refractivity contribution is 0.0705. The van der Waals surface area contributed by atoms with E-state index in [0.29, 0.717) is 24.8 Å². The van der Waals surface area contributed by atoms with Crippen molar-refractivity contribution in [1.29, 1.82) is 0 Å². The van der Waals surface area contributed by atoms with Gasteiger partial charge in [-0.1, -0.05) is 30.3 Å². The van der Waals surface area contributed by atoms with Crippen molar-refractivity contribution < 1.29 is 17.6 Å². The summed E-state index contributed by atoms with van der Waals surface area (Å²) in [5, 5.41) is 0. The molecule has 0 radical (unpaired) electrons. The third-order valence-corrected chi connectivity index (χ3v) is 5.85. The highest BCUT2D eigenvalue weighted by Crippen LogP contribution is 2.21. The largest absolute Gasteiger partial charge is 0.455 e. The Hall–Kier alpha value is -2.12. The zero-order chi connectivity index (χ0) is 20.1. The van der Waals surface area contributed by atoms with E-state index in [4.69, 9.17) is 4.42 Å². The van der Waals surface area contributed by atoms with Crippen LogP contribution in [0.5, 0.6) is 0 Å². The summed E-state index contributed by atoms with van der Waals surface area (Å²) in [4.78, 5) is 17.0. The minimum Gasteiger partial charge on any atom is -0.455 e. The molecule has 152 valence electrons. The Labute approximate surface area is 167 Å². The monoisotopic (exact) mass is 404 g/mol. The Morgan fingerprint density at radius 2 is 1.96 bits per heavy atom. The number of likely N-dealkylation sites (tertiary alicyclic amines) is 1. The maximum absolute atomic E-state index is 12.8. The summed E-state index contributed by atoms with van der Waals surface area (Å²) in [6.07, 6.45) is 2.21. The number of nitrogens with zero attached hydrogens (tertiary/aromatic N) is 2. The fourth-order valence-electron chi connectivity index (χ4n) is 3.70. The van der Waals surface area contributed by atoms with Gasteiger partial charge in [-0.25, -0.2) is 8.42 Å². The zero-order valence-electron chi connectivity index (χ0n) is 16.5. The van der Waals surface area contributed by atoms with Gasteiger partial charge in [0.05, 0.1) is 0 Å². The Kier molecular flexibility index (Phi) is 6.57. The number of carbonyl (C=O) groups excluding carboxylic acids is 1. The number of rotatable bonds is 8. The molecule has 2 aromatic rings. The van der Waals surface area contributed by atoms with Gasteiger partial charge in [0.1, 0.15) is 11.5 Å². The Morgan fingerprint density at radius 3 is 2.64 bits per heavy atom. The number of sulfone groups is 1. The van der Waals surface area contributed by atoms with Crippen LogP contribution in [0, 0.1) is 5.92 Å². The number of amides is 1. The van der Waals surface area contributed by atoms with E-state index < -0.39 is 9.84 Å². The van der Waals surface area contributed by atoms with Crippen molar-refractivity contribution in [3.63, 3.8) is 0 Å². The van der Waals surface area contributed by atoms with Gasteiger partial charge in [0.15, 0.2) is 15.6 Å². The molecule has 0 spiro atoms. The molecule has 6 nitrogen and oxygen atoms in total. The molecule has 1 aromatic heterocycles. The highest BCUT2D eigenvalue weighted by atomic mass is 32.2. The van der Waals surface area contributed by atoms with Crippen molar-refractivity contribution in [2.24, 2.45) is 5.92 Å². The first kappa shape index (κ1) is 20.6. The van der Waals surface area contributed by atoms with Crippen molar-refractivity contribution in [3.8, 4) is 0 Å². The number of hydrogen-bond acceptors (Lipinski definition) is 5. The highest BCUT2D eigenvalue weighted by molar-refractivity contribution is 7.89. The number of hydrogen-bond donors (Lipinski definition) is 0. The first-order valence-corrected chi connectivity index (χ1v) is 11.7. The molecule has 0 saturated carbocycles. The molecule has 1 aromatic carbocycles. The van der Waals surface area contributed by atoms with E-state index >= 15 is 0 Å². The summed E-state index contributed by atoms with van der Waals surface area (Å²) >= 11 is 0. The second-order valence-electron chi connectivity index (χ2n) is 7.56. The van der Waals surface area contributed by atoms with Crippen LogP contribution < -0.4 is 0 Å². The zero-order valence-corrected chi connectivity index (χ0v) is 17.3. The predicted octanol–water partition coefficient (Wildman–Crippen LogP) is 2.81. The minimum absolute atomic E-state index is 0.177. The molecule has 1 aliphatic rings. The van der Waals surface area contributed by atoms with E-state index in [9.17, 15) is 13.2 Å². The Morgan fingerprint density at radius 1 is 1.21 bits per heavy atom. The second kappa shape index (κ2) is 8.92. The van der Waals surface area contributed by atoms with E-state index in [-0.39, 0.29) is 17.4 Å². The lowest BCUT2D eigenvalue weighted by atomic mass is 10.1. The minimum atomic E-state index is -3.19. The van der Waals surface area contributed by atoms with Gasteiger partial charge in [0.25, 0.3) is 5.91 Å². The van der Waals surface area contributed by atoms with Gasteiger partial charge in [0, 0.05) is 32.4 Å². The molecule has 0 bridgehead atoms. The van der Waals surface area contributed by atoms with Crippen LogP contribution in [0.2, 0.25) is 0 Å². The first-order valence-electron chi connectivity index (χ1n) is 9.66. The van der Waals surface area contributed by atoms with Gasteiger partial charge in [-0.15, -0.1) is 0 Å². The molecule has 1 aliphatic heterocycles. The lowest BCUT2D eigenvalue weighted by Crippen LogP contribution is -2.36. The molecule has 1 atom stereocenters. The van der Waals surface area contributed by atoms with Crippen LogP contribution in [0.15, 0.2) is 46.9 Å². The van der Waals surface area contributed by atoms with Crippen LogP contribution >= 0.6 is 0 Å². The molecule has 3 rings (SSSR count). The molecule has 0 unspecified atom stereocenters. The maximum Gasteiger partial charge on any atom is 0.289 e. The van der Waals surface area contributed by atoms with Gasteiger partial charge in [-0.3, -0.25) is 9.69 Å². The predicted molar refractivity (Wildman–Crippen MR) is 109 cm³/mol. The molecule has 0 aliphatic carbocycles. The molecule has 0 N–H and O–H groups in total. The number of carbonyl (C=O) groups is 1. The average molecular weight is 405 g/mol. The van der Waals surface area contributed by atoms with E-state index in [1.165, 1.54) is 5.56 Å². The normalized spacial score (nSPS) is 17.7. The SMILES string of the molecule is CCN(C[C@H]1CCN(Cc2ccccc2)C1)C(=O)c1ccc(CS(C)(=O)=O)o1. The van der Waals surface area contributed by atoms with Crippen molar-refractivity contribution in [2.45, 2.75) is 25.6 Å². The Bertz CT molecular complexity index is 892. The summed E-state index contributed by atoms with van der Waals surface area (Å²) in [5.41, 5.74) is 1.31. The summed E-state index contributed by atoms with van der Waals surface area (Å²) in [7, 11) is -3.19. The van der Waals surface area contributed by atoms with E-state index in [1.54, 1.807) is 17.0 Å². The average Bonchev–Trinajstić information content (AvgIpc) is 3.28. The van der Waals surface area contributed by atoms with Crippen molar-refractivity contribution >= 4 is 15.7 Å². The molecule has 1 fully saturated rings. The van der Waals surface area contributed by atoms with Gasteiger partial charge < -0.3 is 9.32 Å². The first-order chi connectivity index (χ1) is 13.3. The highest BCUT2D eigenvalue weighted by Gasteiger charge is 2.27. The van der Waals surface area contributed by atoms with Crippen molar-refractivity contribution in [3.05, 3.63) is 59.5 Å². The summed E-state index contributed by atoms with van der Waals surface area (Å²) in [6.45, 7) is 6.17.